The molecule has 0 aliphatic heterocycles. The Morgan fingerprint density at radius 2 is 2.21 bits per heavy atom. The van der Waals surface area contributed by atoms with E-state index < -0.39 is 5.97 Å². The average molecular weight is 266 g/mol. The summed E-state index contributed by atoms with van der Waals surface area (Å²) in [5.74, 6) is 0.196. The first kappa shape index (κ1) is 15.4. The van der Waals surface area contributed by atoms with Gasteiger partial charge >= 0.3 is 5.97 Å². The van der Waals surface area contributed by atoms with Crippen LogP contribution in [0, 0.1) is 0 Å². The van der Waals surface area contributed by atoms with Gasteiger partial charge in [-0.15, -0.1) is 0 Å². The Morgan fingerprint density at radius 3 is 2.84 bits per heavy atom. The van der Waals surface area contributed by atoms with Crippen LogP contribution in [-0.2, 0) is 4.74 Å². The average Bonchev–Trinajstić information content (AvgIpc) is 2.45. The van der Waals surface area contributed by atoms with Crippen molar-refractivity contribution in [1.29, 1.82) is 0 Å². The number of aromatic nitrogens is 2. The fourth-order valence-corrected chi connectivity index (χ4v) is 1.73. The molecule has 0 atom stereocenters. The fraction of sp³-hybridized carbons (Fsp3) is 0.615. The van der Waals surface area contributed by atoms with Gasteiger partial charge in [-0.1, -0.05) is 13.8 Å². The number of hydrogen-bond acceptors (Lipinski definition) is 6. The number of carbonyl (C=O) groups excluding carboxylic acids is 1. The Hall–Kier alpha value is -1.69. The molecule has 1 rings (SSSR count). The van der Waals surface area contributed by atoms with Crippen molar-refractivity contribution in [1.82, 2.24) is 14.9 Å². The van der Waals surface area contributed by atoms with Crippen LogP contribution in [0.3, 0.4) is 0 Å². The molecule has 0 spiro atoms. The molecule has 0 radical (unpaired) electrons. The molecule has 0 saturated heterocycles. The summed E-state index contributed by atoms with van der Waals surface area (Å²) in [6, 6.07) is 1.74. The van der Waals surface area contributed by atoms with Gasteiger partial charge in [0.15, 0.2) is 0 Å². The van der Waals surface area contributed by atoms with Gasteiger partial charge in [0.2, 0.25) is 5.82 Å². The third kappa shape index (κ3) is 5.21. The van der Waals surface area contributed by atoms with E-state index in [2.05, 4.69) is 38.8 Å². The van der Waals surface area contributed by atoms with Crippen LogP contribution in [0.5, 0.6) is 0 Å². The summed E-state index contributed by atoms with van der Waals surface area (Å²) in [6.07, 6.45) is 2.69. The predicted molar refractivity (Wildman–Crippen MR) is 74.3 cm³/mol. The fourth-order valence-electron chi connectivity index (χ4n) is 1.73. The molecule has 0 unspecified atom stereocenters. The number of hydrogen-bond donors (Lipinski definition) is 1. The van der Waals surface area contributed by atoms with E-state index in [1.165, 1.54) is 7.11 Å². The standard InChI is InChI=1S/C13H22N4O2/c1-4-9-17(5-2)10-8-14-11-6-7-15-12(16-11)13(18)19-3/h6-7H,4-5,8-10H2,1-3H3,(H,14,15,16). The normalized spacial score (nSPS) is 10.5. The minimum absolute atomic E-state index is 0.0772. The predicted octanol–water partition coefficient (Wildman–Crippen LogP) is 1.41. The first-order valence-electron chi connectivity index (χ1n) is 6.58. The number of nitrogens with zero attached hydrogens (tertiary/aromatic N) is 3. The zero-order valence-electron chi connectivity index (χ0n) is 11.8. The summed E-state index contributed by atoms with van der Waals surface area (Å²) < 4.78 is 4.58. The van der Waals surface area contributed by atoms with Crippen LogP contribution in [0.15, 0.2) is 12.3 Å². The number of methoxy groups -OCH3 is 1. The molecule has 1 N–H and O–H groups in total. The number of esters is 1. The van der Waals surface area contributed by atoms with Crippen molar-refractivity contribution in [3.63, 3.8) is 0 Å². The summed E-state index contributed by atoms with van der Waals surface area (Å²) in [7, 11) is 1.32. The van der Waals surface area contributed by atoms with Gasteiger partial charge in [0.25, 0.3) is 0 Å². The maximum atomic E-state index is 11.3. The second kappa shape index (κ2) is 8.42. The molecule has 0 aliphatic carbocycles. The maximum Gasteiger partial charge on any atom is 0.376 e. The van der Waals surface area contributed by atoms with Crippen molar-refractivity contribution >= 4 is 11.8 Å². The highest BCUT2D eigenvalue weighted by Crippen LogP contribution is 2.02. The highest BCUT2D eigenvalue weighted by molar-refractivity contribution is 5.85. The molecule has 1 aromatic heterocycles. The van der Waals surface area contributed by atoms with Crippen molar-refractivity contribution in [3.05, 3.63) is 18.1 Å². The van der Waals surface area contributed by atoms with E-state index in [0.29, 0.717) is 5.82 Å². The number of anilines is 1. The van der Waals surface area contributed by atoms with E-state index in [-0.39, 0.29) is 5.82 Å². The molecule has 0 aliphatic rings. The molecule has 0 amide bonds. The number of ether oxygens (including phenoxy) is 1. The molecular weight excluding hydrogens is 244 g/mol. The van der Waals surface area contributed by atoms with Gasteiger partial charge in [-0.2, -0.15) is 0 Å². The topological polar surface area (TPSA) is 67.4 Å². The zero-order chi connectivity index (χ0) is 14.1. The molecule has 0 aromatic carbocycles. The van der Waals surface area contributed by atoms with Crippen molar-refractivity contribution < 1.29 is 9.53 Å². The molecule has 1 heterocycles. The lowest BCUT2D eigenvalue weighted by Gasteiger charge is -2.19. The van der Waals surface area contributed by atoms with Gasteiger partial charge < -0.3 is 15.0 Å². The molecule has 19 heavy (non-hydrogen) atoms. The SMILES string of the molecule is CCCN(CC)CCNc1ccnc(C(=O)OC)n1. The summed E-state index contributed by atoms with van der Waals surface area (Å²) >= 11 is 0. The van der Waals surface area contributed by atoms with Crippen LogP contribution in [0.1, 0.15) is 30.9 Å². The van der Waals surface area contributed by atoms with Crippen molar-refractivity contribution in [3.8, 4) is 0 Å². The Balaban J connectivity index is 2.47. The Bertz CT molecular complexity index is 398. The molecule has 0 saturated carbocycles. The van der Waals surface area contributed by atoms with Gasteiger partial charge in [0.1, 0.15) is 5.82 Å². The smallest absolute Gasteiger partial charge is 0.376 e. The van der Waals surface area contributed by atoms with E-state index in [9.17, 15) is 4.79 Å². The van der Waals surface area contributed by atoms with E-state index in [1.807, 2.05) is 0 Å². The van der Waals surface area contributed by atoms with E-state index in [4.69, 9.17) is 0 Å². The molecular formula is C13H22N4O2. The molecule has 0 bridgehead atoms. The second-order valence-corrected chi connectivity index (χ2v) is 4.12. The number of rotatable bonds is 8. The van der Waals surface area contributed by atoms with Crippen molar-refractivity contribution in [2.45, 2.75) is 20.3 Å². The van der Waals surface area contributed by atoms with Gasteiger partial charge in [-0.05, 0) is 25.6 Å². The maximum absolute atomic E-state index is 11.3. The lowest BCUT2D eigenvalue weighted by Crippen LogP contribution is -2.29. The highest BCUT2D eigenvalue weighted by atomic mass is 16.5. The van der Waals surface area contributed by atoms with Crippen LogP contribution in [-0.4, -0.2) is 54.1 Å². The number of carbonyl (C=O) groups is 1. The highest BCUT2D eigenvalue weighted by Gasteiger charge is 2.09. The molecule has 106 valence electrons. The van der Waals surface area contributed by atoms with E-state index in [1.54, 1.807) is 12.3 Å². The quantitative estimate of drug-likeness (QED) is 0.718. The monoisotopic (exact) mass is 266 g/mol. The summed E-state index contributed by atoms with van der Waals surface area (Å²) in [5.41, 5.74) is 0. The van der Waals surface area contributed by atoms with Gasteiger partial charge in [-0.25, -0.2) is 14.8 Å². The van der Waals surface area contributed by atoms with Crippen LogP contribution in [0.4, 0.5) is 5.82 Å². The largest absolute Gasteiger partial charge is 0.463 e. The van der Waals surface area contributed by atoms with E-state index >= 15 is 0 Å². The minimum Gasteiger partial charge on any atom is -0.463 e. The van der Waals surface area contributed by atoms with Gasteiger partial charge in [0.05, 0.1) is 7.11 Å². The third-order valence-corrected chi connectivity index (χ3v) is 2.74. The van der Waals surface area contributed by atoms with Gasteiger partial charge in [0, 0.05) is 19.3 Å². The summed E-state index contributed by atoms with van der Waals surface area (Å²) in [4.78, 5) is 21.6. The second-order valence-electron chi connectivity index (χ2n) is 4.12. The lowest BCUT2D eigenvalue weighted by atomic mass is 10.4. The van der Waals surface area contributed by atoms with Crippen LogP contribution in [0.25, 0.3) is 0 Å². The third-order valence-electron chi connectivity index (χ3n) is 2.74. The lowest BCUT2D eigenvalue weighted by molar-refractivity contribution is 0.0587. The first-order chi connectivity index (χ1) is 9.21. The van der Waals surface area contributed by atoms with Crippen LogP contribution >= 0.6 is 0 Å². The minimum atomic E-state index is -0.523. The van der Waals surface area contributed by atoms with Crippen LogP contribution < -0.4 is 5.32 Å². The van der Waals surface area contributed by atoms with Gasteiger partial charge in [-0.3, -0.25) is 0 Å². The zero-order valence-corrected chi connectivity index (χ0v) is 11.8. The summed E-state index contributed by atoms with van der Waals surface area (Å²) in [6.45, 7) is 8.17. The molecule has 1 aromatic rings. The first-order valence-corrected chi connectivity index (χ1v) is 6.58. The number of nitrogens with one attached hydrogen (secondary N) is 1. The number of likely N-dealkylation sites (N-methyl/N-ethyl adjacent to an activating group) is 1. The molecule has 0 fully saturated rings. The molecule has 6 nitrogen and oxygen atoms in total. The Kier molecular flexibility index (Phi) is 6.81. The van der Waals surface area contributed by atoms with Crippen molar-refractivity contribution in [2.75, 3.05) is 38.6 Å². The van der Waals surface area contributed by atoms with Crippen molar-refractivity contribution in [2.24, 2.45) is 0 Å². The van der Waals surface area contributed by atoms with Crippen LogP contribution in [0.2, 0.25) is 0 Å². The van der Waals surface area contributed by atoms with E-state index in [0.717, 1.165) is 32.6 Å². The Labute approximate surface area is 114 Å². The molecule has 6 heteroatoms. The Morgan fingerprint density at radius 1 is 1.42 bits per heavy atom. The summed E-state index contributed by atoms with van der Waals surface area (Å²) in [5, 5.41) is 3.19.